The third-order valence-electron chi connectivity index (χ3n) is 6.57. The molecule has 0 spiro atoms. The zero-order chi connectivity index (χ0) is 26.7. The molecule has 3 heterocycles. The minimum Gasteiger partial charge on any atom is -0.390 e. The molecule has 1 unspecified atom stereocenters. The number of aliphatic imine (C=N–C) groups is 1. The van der Waals surface area contributed by atoms with Crippen molar-refractivity contribution in [2.45, 2.75) is 65.6 Å². The molecular weight excluding hydrogens is 458 g/mol. The number of carbonyl (C=O) groups excluding carboxylic acids is 2. The van der Waals surface area contributed by atoms with Crippen LogP contribution in [0.3, 0.4) is 0 Å². The Balaban J connectivity index is 1.90. The summed E-state index contributed by atoms with van der Waals surface area (Å²) < 4.78 is 1.79. The van der Waals surface area contributed by atoms with Crippen LogP contribution >= 0.6 is 0 Å². The summed E-state index contributed by atoms with van der Waals surface area (Å²) in [6, 6.07) is -0.750. The first-order valence-electron chi connectivity index (χ1n) is 12.3. The minimum absolute atomic E-state index is 0.153. The van der Waals surface area contributed by atoms with Gasteiger partial charge in [0, 0.05) is 44.6 Å². The van der Waals surface area contributed by atoms with E-state index in [2.05, 4.69) is 27.3 Å². The van der Waals surface area contributed by atoms with Crippen LogP contribution in [0.2, 0.25) is 0 Å². The molecule has 1 aliphatic heterocycles. The molecule has 1 fully saturated rings. The standard InChI is InChI=1S/C26H39N7O3/c1-8-19(17-14-29-33(9-2)16-17)30-20-18(15-28-22(20)27-7)23(34)31-21(25(3,4)5)24(35)32-12-10-26(6,36)11-13-32/h8,14-16,21,27-28,36H,1,9-13H2,2-7H3,(H,31,34). The van der Waals surface area contributed by atoms with Gasteiger partial charge >= 0.3 is 0 Å². The second-order valence-electron chi connectivity index (χ2n) is 10.6. The number of carbonyl (C=O) groups is 2. The summed E-state index contributed by atoms with van der Waals surface area (Å²) in [5.41, 5.74) is 0.788. The molecule has 10 nitrogen and oxygen atoms in total. The largest absolute Gasteiger partial charge is 0.390 e. The second kappa shape index (κ2) is 10.7. The number of aromatic amines is 1. The molecule has 2 aromatic rings. The Morgan fingerprint density at radius 1 is 1.36 bits per heavy atom. The number of nitrogens with zero attached hydrogens (tertiary/aromatic N) is 4. The van der Waals surface area contributed by atoms with E-state index in [1.165, 1.54) is 0 Å². The fourth-order valence-corrected chi connectivity index (χ4v) is 4.16. The highest BCUT2D eigenvalue weighted by Gasteiger charge is 2.39. The number of piperidine rings is 1. The minimum atomic E-state index is -0.769. The van der Waals surface area contributed by atoms with E-state index in [4.69, 9.17) is 4.99 Å². The van der Waals surface area contributed by atoms with Crippen molar-refractivity contribution in [3.8, 4) is 0 Å². The zero-order valence-corrected chi connectivity index (χ0v) is 22.2. The highest BCUT2D eigenvalue weighted by molar-refractivity contribution is 6.12. The van der Waals surface area contributed by atoms with E-state index >= 15 is 0 Å². The van der Waals surface area contributed by atoms with Crippen molar-refractivity contribution in [1.82, 2.24) is 25.0 Å². The third-order valence-corrected chi connectivity index (χ3v) is 6.57. The van der Waals surface area contributed by atoms with E-state index in [9.17, 15) is 14.7 Å². The van der Waals surface area contributed by atoms with Gasteiger partial charge in [-0.2, -0.15) is 5.10 Å². The van der Waals surface area contributed by atoms with Crippen LogP contribution in [0.1, 0.15) is 63.4 Å². The number of amides is 2. The van der Waals surface area contributed by atoms with Crippen LogP contribution in [0.15, 0.2) is 36.2 Å². The van der Waals surface area contributed by atoms with Crippen LogP contribution in [0, 0.1) is 5.41 Å². The number of H-pyrrole nitrogens is 1. The molecule has 2 amide bonds. The Hall–Kier alpha value is -3.40. The molecule has 36 heavy (non-hydrogen) atoms. The fourth-order valence-electron chi connectivity index (χ4n) is 4.16. The van der Waals surface area contributed by atoms with Crippen molar-refractivity contribution in [3.63, 3.8) is 0 Å². The van der Waals surface area contributed by atoms with Gasteiger partial charge in [0.25, 0.3) is 5.91 Å². The normalized spacial score (nSPS) is 17.0. The van der Waals surface area contributed by atoms with Gasteiger partial charge in [-0.1, -0.05) is 27.4 Å². The number of aromatic nitrogens is 3. The number of hydrogen-bond donors (Lipinski definition) is 4. The Bertz CT molecular complexity index is 1130. The first-order valence-corrected chi connectivity index (χ1v) is 12.3. The van der Waals surface area contributed by atoms with Crippen LogP contribution in [0.25, 0.3) is 0 Å². The predicted octanol–water partition coefficient (Wildman–Crippen LogP) is 3.10. The van der Waals surface area contributed by atoms with E-state index in [1.54, 1.807) is 42.0 Å². The summed E-state index contributed by atoms with van der Waals surface area (Å²) in [5, 5.41) is 20.6. The molecule has 0 radical (unpaired) electrons. The number of aryl methyl sites for hydroxylation is 1. The molecule has 2 aromatic heterocycles. The van der Waals surface area contributed by atoms with Gasteiger partial charge in [-0.3, -0.25) is 14.3 Å². The Labute approximate surface area is 212 Å². The van der Waals surface area contributed by atoms with Gasteiger partial charge in [-0.25, -0.2) is 4.99 Å². The maximum Gasteiger partial charge on any atom is 0.255 e. The molecule has 0 bridgehead atoms. The van der Waals surface area contributed by atoms with Gasteiger partial charge < -0.3 is 25.6 Å². The summed E-state index contributed by atoms with van der Waals surface area (Å²) in [5.74, 6) is 0.00950. The van der Waals surface area contributed by atoms with Crippen molar-refractivity contribution in [1.29, 1.82) is 0 Å². The average Bonchev–Trinajstić information content (AvgIpc) is 3.46. The number of anilines is 1. The van der Waals surface area contributed by atoms with Crippen LogP contribution < -0.4 is 10.6 Å². The van der Waals surface area contributed by atoms with Crippen molar-refractivity contribution < 1.29 is 14.7 Å². The number of allylic oxidation sites excluding steroid dienone is 1. The molecule has 10 heteroatoms. The Morgan fingerprint density at radius 3 is 2.56 bits per heavy atom. The smallest absolute Gasteiger partial charge is 0.255 e. The lowest BCUT2D eigenvalue weighted by molar-refractivity contribution is -0.139. The van der Waals surface area contributed by atoms with Crippen molar-refractivity contribution in [2.24, 2.45) is 10.4 Å². The topological polar surface area (TPSA) is 128 Å². The third kappa shape index (κ3) is 6.04. The molecule has 0 aromatic carbocycles. The monoisotopic (exact) mass is 497 g/mol. The molecule has 1 atom stereocenters. The average molecular weight is 498 g/mol. The van der Waals surface area contributed by atoms with Gasteiger partial charge in [0.1, 0.15) is 17.5 Å². The second-order valence-corrected chi connectivity index (χ2v) is 10.6. The highest BCUT2D eigenvalue weighted by atomic mass is 16.3. The molecule has 0 aliphatic carbocycles. The maximum atomic E-state index is 13.5. The summed E-state index contributed by atoms with van der Waals surface area (Å²) in [6.45, 7) is 15.1. The van der Waals surface area contributed by atoms with E-state index in [-0.39, 0.29) is 5.91 Å². The fraction of sp³-hybridized carbons (Fsp3) is 0.538. The van der Waals surface area contributed by atoms with Crippen LogP contribution in [-0.2, 0) is 11.3 Å². The van der Waals surface area contributed by atoms with Gasteiger partial charge in [0.2, 0.25) is 5.91 Å². The molecule has 196 valence electrons. The number of likely N-dealkylation sites (tertiary alicyclic amines) is 1. The van der Waals surface area contributed by atoms with E-state index < -0.39 is 23.0 Å². The van der Waals surface area contributed by atoms with Crippen molar-refractivity contribution >= 4 is 29.0 Å². The molecule has 4 N–H and O–H groups in total. The number of rotatable bonds is 8. The van der Waals surface area contributed by atoms with E-state index in [0.717, 1.165) is 12.1 Å². The van der Waals surface area contributed by atoms with Gasteiger partial charge in [-0.05, 0) is 38.2 Å². The highest BCUT2D eigenvalue weighted by Crippen LogP contribution is 2.31. The lowest BCUT2D eigenvalue weighted by Crippen LogP contribution is -2.57. The SMILES string of the molecule is C=CC(=Nc1c(C(=O)NC(C(=O)N2CCC(C)(O)CC2)C(C)(C)C)c[nH]c1NC)c1cnn(CC)c1. The summed E-state index contributed by atoms with van der Waals surface area (Å²) in [6.07, 6.45) is 7.79. The maximum absolute atomic E-state index is 13.5. The zero-order valence-electron chi connectivity index (χ0n) is 22.2. The van der Waals surface area contributed by atoms with Crippen molar-refractivity contribution in [2.75, 3.05) is 25.5 Å². The Morgan fingerprint density at radius 2 is 2.03 bits per heavy atom. The van der Waals surface area contributed by atoms with E-state index in [1.807, 2.05) is 33.9 Å². The summed E-state index contributed by atoms with van der Waals surface area (Å²) in [7, 11) is 1.74. The first kappa shape index (κ1) is 27.2. The first-order chi connectivity index (χ1) is 16.9. The number of nitrogens with one attached hydrogen (secondary N) is 3. The van der Waals surface area contributed by atoms with Crippen LogP contribution in [0.4, 0.5) is 11.5 Å². The quantitative estimate of drug-likeness (QED) is 0.417. The van der Waals surface area contributed by atoms with Gasteiger partial charge in [0.05, 0.1) is 23.1 Å². The van der Waals surface area contributed by atoms with Crippen LogP contribution in [-0.4, -0.2) is 74.1 Å². The van der Waals surface area contributed by atoms with Gasteiger partial charge in [0.15, 0.2) is 0 Å². The molecule has 1 saturated heterocycles. The summed E-state index contributed by atoms with van der Waals surface area (Å²) >= 11 is 0. The van der Waals surface area contributed by atoms with E-state index in [0.29, 0.717) is 48.7 Å². The molecule has 3 rings (SSSR count). The lowest BCUT2D eigenvalue weighted by atomic mass is 9.84. The molecule has 1 aliphatic rings. The predicted molar refractivity (Wildman–Crippen MR) is 142 cm³/mol. The summed E-state index contributed by atoms with van der Waals surface area (Å²) in [4.78, 5) is 36.5. The number of aliphatic hydroxyl groups is 1. The molecule has 0 saturated carbocycles. The lowest BCUT2D eigenvalue weighted by Gasteiger charge is -2.40. The number of hydrogen-bond acceptors (Lipinski definition) is 6. The van der Waals surface area contributed by atoms with Gasteiger partial charge in [-0.15, -0.1) is 0 Å². The van der Waals surface area contributed by atoms with Crippen molar-refractivity contribution in [3.05, 3.63) is 42.4 Å². The molecular formula is C26H39N7O3. The Kier molecular flexibility index (Phi) is 8.08. The van der Waals surface area contributed by atoms with Crippen LogP contribution in [0.5, 0.6) is 0 Å².